The first-order valence-corrected chi connectivity index (χ1v) is 9.05. The van der Waals surface area contributed by atoms with Crippen molar-refractivity contribution in [3.8, 4) is 0 Å². The topological polar surface area (TPSA) is 56.6 Å². The summed E-state index contributed by atoms with van der Waals surface area (Å²) in [7, 11) is 1.62. The third-order valence-electron chi connectivity index (χ3n) is 4.91. The average Bonchev–Trinajstić information content (AvgIpc) is 2.94. The number of amides is 1. The van der Waals surface area contributed by atoms with Crippen LogP contribution in [0.4, 0.5) is 0 Å². The van der Waals surface area contributed by atoms with Crippen LogP contribution in [0.15, 0.2) is 30.3 Å². The lowest BCUT2D eigenvalue weighted by atomic mass is 10.0. The summed E-state index contributed by atoms with van der Waals surface area (Å²) in [5.41, 5.74) is 4.36. The van der Waals surface area contributed by atoms with Crippen LogP contribution >= 0.6 is 0 Å². The number of morpholine rings is 1. The van der Waals surface area contributed by atoms with Crippen LogP contribution in [0.1, 0.15) is 35.0 Å². The summed E-state index contributed by atoms with van der Waals surface area (Å²) in [6, 6.07) is 10.2. The lowest BCUT2D eigenvalue weighted by Crippen LogP contribution is -2.44. The van der Waals surface area contributed by atoms with Gasteiger partial charge in [0.15, 0.2) is 0 Å². The minimum absolute atomic E-state index is 0.0855. The van der Waals surface area contributed by atoms with Crippen molar-refractivity contribution in [3.05, 3.63) is 52.8 Å². The SMILES string of the molecule is COCCC(=O)N1CCOC[C@@H]1c1c(C)nn(Cc2ccccc2)c1C. The highest BCUT2D eigenvalue weighted by atomic mass is 16.5. The zero-order chi connectivity index (χ0) is 18.5. The summed E-state index contributed by atoms with van der Waals surface area (Å²) in [6.45, 7) is 6.94. The second kappa shape index (κ2) is 8.47. The van der Waals surface area contributed by atoms with Crippen LogP contribution in [-0.4, -0.2) is 54.1 Å². The van der Waals surface area contributed by atoms with Gasteiger partial charge in [0.2, 0.25) is 5.91 Å². The minimum atomic E-state index is -0.0855. The lowest BCUT2D eigenvalue weighted by molar-refractivity contribution is -0.141. The first kappa shape index (κ1) is 18.6. The van der Waals surface area contributed by atoms with Gasteiger partial charge in [-0.3, -0.25) is 9.48 Å². The zero-order valence-corrected chi connectivity index (χ0v) is 15.8. The molecule has 140 valence electrons. The van der Waals surface area contributed by atoms with Gasteiger partial charge in [-0.1, -0.05) is 30.3 Å². The molecule has 26 heavy (non-hydrogen) atoms. The zero-order valence-electron chi connectivity index (χ0n) is 15.8. The van der Waals surface area contributed by atoms with Crippen LogP contribution in [0.3, 0.4) is 0 Å². The molecule has 2 heterocycles. The van der Waals surface area contributed by atoms with E-state index < -0.39 is 0 Å². The van der Waals surface area contributed by atoms with E-state index in [1.54, 1.807) is 7.11 Å². The predicted molar refractivity (Wildman–Crippen MR) is 99.0 cm³/mol. The van der Waals surface area contributed by atoms with E-state index in [9.17, 15) is 4.79 Å². The maximum absolute atomic E-state index is 12.6. The van der Waals surface area contributed by atoms with Crippen molar-refractivity contribution in [3.63, 3.8) is 0 Å². The molecule has 0 spiro atoms. The van der Waals surface area contributed by atoms with Crippen molar-refractivity contribution < 1.29 is 14.3 Å². The number of carbonyl (C=O) groups excluding carboxylic acids is 1. The Morgan fingerprint density at radius 3 is 2.81 bits per heavy atom. The molecule has 0 N–H and O–H groups in total. The second-order valence-corrected chi connectivity index (χ2v) is 6.65. The molecule has 3 rings (SSSR count). The Bertz CT molecular complexity index is 742. The Hall–Kier alpha value is -2.18. The Labute approximate surface area is 154 Å². The maximum atomic E-state index is 12.6. The van der Waals surface area contributed by atoms with Gasteiger partial charge in [-0.05, 0) is 19.4 Å². The summed E-state index contributed by atoms with van der Waals surface area (Å²) in [5, 5.41) is 4.74. The molecule has 0 radical (unpaired) electrons. The molecular weight excluding hydrogens is 330 g/mol. The van der Waals surface area contributed by atoms with Crippen molar-refractivity contribution in [1.82, 2.24) is 14.7 Å². The molecule has 6 heteroatoms. The summed E-state index contributed by atoms with van der Waals surface area (Å²) < 4.78 is 12.8. The van der Waals surface area contributed by atoms with E-state index in [-0.39, 0.29) is 11.9 Å². The van der Waals surface area contributed by atoms with Gasteiger partial charge >= 0.3 is 0 Å². The van der Waals surface area contributed by atoms with Crippen molar-refractivity contribution in [2.24, 2.45) is 0 Å². The highest BCUT2D eigenvalue weighted by Gasteiger charge is 2.32. The third-order valence-corrected chi connectivity index (χ3v) is 4.91. The van der Waals surface area contributed by atoms with E-state index in [1.807, 2.05) is 34.7 Å². The quantitative estimate of drug-likeness (QED) is 0.797. The molecule has 0 aliphatic carbocycles. The van der Waals surface area contributed by atoms with E-state index >= 15 is 0 Å². The van der Waals surface area contributed by atoms with E-state index in [1.165, 1.54) is 5.56 Å². The number of hydrogen-bond donors (Lipinski definition) is 0. The fourth-order valence-corrected chi connectivity index (χ4v) is 3.58. The van der Waals surface area contributed by atoms with Crippen LogP contribution in [0.5, 0.6) is 0 Å². The Kier molecular flexibility index (Phi) is 6.06. The molecular formula is C20H27N3O3. The van der Waals surface area contributed by atoms with Crippen molar-refractivity contribution >= 4 is 5.91 Å². The van der Waals surface area contributed by atoms with Gasteiger partial charge in [0.1, 0.15) is 0 Å². The Balaban J connectivity index is 1.85. The van der Waals surface area contributed by atoms with Gasteiger partial charge < -0.3 is 14.4 Å². The lowest BCUT2D eigenvalue weighted by Gasteiger charge is -2.36. The molecule has 0 bridgehead atoms. The van der Waals surface area contributed by atoms with Gasteiger partial charge in [-0.15, -0.1) is 0 Å². The van der Waals surface area contributed by atoms with E-state index in [2.05, 4.69) is 19.1 Å². The number of aryl methyl sites for hydroxylation is 1. The molecule has 2 aromatic rings. The standard InChI is InChI=1S/C20H27N3O3/c1-15-20(16(2)23(21-15)13-17-7-5-4-6-8-17)18-14-26-12-10-22(18)19(24)9-11-25-3/h4-8,18H,9-14H2,1-3H3/t18-/m1/s1. The van der Waals surface area contributed by atoms with Crippen LogP contribution in [0.2, 0.25) is 0 Å². The van der Waals surface area contributed by atoms with Crippen LogP contribution in [0, 0.1) is 13.8 Å². The number of benzene rings is 1. The number of hydrogen-bond acceptors (Lipinski definition) is 4. The molecule has 1 aromatic heterocycles. The van der Waals surface area contributed by atoms with Gasteiger partial charge in [-0.25, -0.2) is 0 Å². The molecule has 1 amide bonds. The monoisotopic (exact) mass is 357 g/mol. The molecule has 1 fully saturated rings. The van der Waals surface area contributed by atoms with Crippen LogP contribution in [-0.2, 0) is 20.8 Å². The highest BCUT2D eigenvalue weighted by Crippen LogP contribution is 2.30. The molecule has 0 saturated carbocycles. The Morgan fingerprint density at radius 2 is 2.08 bits per heavy atom. The van der Waals surface area contributed by atoms with Gasteiger partial charge in [0.25, 0.3) is 0 Å². The highest BCUT2D eigenvalue weighted by molar-refractivity contribution is 5.77. The molecule has 1 saturated heterocycles. The van der Waals surface area contributed by atoms with Gasteiger partial charge in [0, 0.05) is 24.9 Å². The van der Waals surface area contributed by atoms with E-state index in [0.717, 1.165) is 23.5 Å². The number of nitrogens with zero attached hydrogens (tertiary/aromatic N) is 3. The number of aromatic nitrogens is 2. The fraction of sp³-hybridized carbons (Fsp3) is 0.500. The molecule has 6 nitrogen and oxygen atoms in total. The number of ether oxygens (including phenoxy) is 2. The number of carbonyl (C=O) groups is 1. The molecule has 1 atom stereocenters. The van der Waals surface area contributed by atoms with E-state index in [4.69, 9.17) is 14.6 Å². The smallest absolute Gasteiger partial charge is 0.225 e. The molecule has 1 aliphatic heterocycles. The predicted octanol–water partition coefficient (Wildman–Crippen LogP) is 2.48. The molecule has 1 aliphatic rings. The first-order chi connectivity index (χ1) is 12.6. The molecule has 1 aromatic carbocycles. The van der Waals surface area contributed by atoms with Crippen molar-refractivity contribution in [2.75, 3.05) is 33.5 Å². The third kappa shape index (κ3) is 3.97. The maximum Gasteiger partial charge on any atom is 0.225 e. The first-order valence-electron chi connectivity index (χ1n) is 9.05. The molecule has 0 unspecified atom stereocenters. The van der Waals surface area contributed by atoms with Crippen LogP contribution < -0.4 is 0 Å². The fourth-order valence-electron chi connectivity index (χ4n) is 3.58. The summed E-state index contributed by atoms with van der Waals surface area (Å²) in [6.07, 6.45) is 0.392. The second-order valence-electron chi connectivity index (χ2n) is 6.65. The normalized spacial score (nSPS) is 17.5. The van der Waals surface area contributed by atoms with Gasteiger partial charge in [0.05, 0.1) is 44.5 Å². The van der Waals surface area contributed by atoms with Crippen LogP contribution in [0.25, 0.3) is 0 Å². The number of methoxy groups -OCH3 is 1. The minimum Gasteiger partial charge on any atom is -0.384 e. The Morgan fingerprint density at radius 1 is 1.31 bits per heavy atom. The van der Waals surface area contributed by atoms with Crippen molar-refractivity contribution in [2.45, 2.75) is 32.9 Å². The number of rotatable bonds is 6. The van der Waals surface area contributed by atoms with Crippen molar-refractivity contribution in [1.29, 1.82) is 0 Å². The summed E-state index contributed by atoms with van der Waals surface area (Å²) in [4.78, 5) is 14.5. The summed E-state index contributed by atoms with van der Waals surface area (Å²) in [5.74, 6) is 0.106. The summed E-state index contributed by atoms with van der Waals surface area (Å²) >= 11 is 0. The van der Waals surface area contributed by atoms with Gasteiger partial charge in [-0.2, -0.15) is 5.10 Å². The van der Waals surface area contributed by atoms with E-state index in [0.29, 0.717) is 32.8 Å². The largest absolute Gasteiger partial charge is 0.384 e. The average molecular weight is 357 g/mol.